The standard InChI is InChI=1S/C24H25N3O3/c1-14(2)26-13-21(28)27-19(24(26)29)12-17-15-8-4-6-10-18(15)25-22(17)23(27)16-9-5-7-11-20(16)30-3/h4-11,14,19,23,25H,12-13H2,1-3H3. The van der Waals surface area contributed by atoms with Gasteiger partial charge in [0.2, 0.25) is 11.8 Å². The van der Waals surface area contributed by atoms with E-state index in [-0.39, 0.29) is 24.4 Å². The molecular formula is C24H25N3O3. The molecule has 0 aliphatic carbocycles. The quantitative estimate of drug-likeness (QED) is 0.730. The SMILES string of the molecule is COc1ccccc1C1c2[nH]c3ccccc3c2CC2C(=O)N(C(C)C)CC(=O)N21. The van der Waals surface area contributed by atoms with Gasteiger partial charge in [0.15, 0.2) is 0 Å². The molecule has 30 heavy (non-hydrogen) atoms. The number of aromatic nitrogens is 1. The van der Waals surface area contributed by atoms with Crippen molar-refractivity contribution in [3.8, 4) is 5.75 Å². The van der Waals surface area contributed by atoms with Gasteiger partial charge in [-0.25, -0.2) is 0 Å². The zero-order chi connectivity index (χ0) is 21.0. The van der Waals surface area contributed by atoms with E-state index in [0.29, 0.717) is 12.2 Å². The number of carbonyl (C=O) groups excluding carboxylic acids is 2. The van der Waals surface area contributed by atoms with Crippen molar-refractivity contribution in [2.45, 2.75) is 38.4 Å². The van der Waals surface area contributed by atoms with E-state index in [1.54, 1.807) is 16.9 Å². The van der Waals surface area contributed by atoms with Crippen LogP contribution in [0.4, 0.5) is 0 Å². The lowest BCUT2D eigenvalue weighted by atomic mass is 9.85. The van der Waals surface area contributed by atoms with Crippen LogP contribution in [0.2, 0.25) is 0 Å². The maximum Gasteiger partial charge on any atom is 0.246 e. The second-order valence-corrected chi connectivity index (χ2v) is 8.29. The molecule has 2 aliphatic heterocycles. The third kappa shape index (κ3) is 2.63. The van der Waals surface area contributed by atoms with E-state index in [4.69, 9.17) is 4.74 Å². The van der Waals surface area contributed by atoms with Crippen LogP contribution in [0.3, 0.4) is 0 Å². The van der Waals surface area contributed by atoms with E-state index in [1.807, 2.05) is 56.3 Å². The average Bonchev–Trinajstić information content (AvgIpc) is 3.13. The number of benzene rings is 2. The first-order chi connectivity index (χ1) is 14.5. The molecule has 0 spiro atoms. The van der Waals surface area contributed by atoms with Crippen molar-refractivity contribution in [2.24, 2.45) is 0 Å². The molecule has 2 amide bonds. The fourth-order valence-corrected chi connectivity index (χ4v) is 4.94. The Morgan fingerprint density at radius 3 is 2.57 bits per heavy atom. The van der Waals surface area contributed by atoms with Gasteiger partial charge in [-0.15, -0.1) is 0 Å². The van der Waals surface area contributed by atoms with Crippen LogP contribution in [0.1, 0.15) is 36.7 Å². The number of H-pyrrole nitrogens is 1. The Labute approximate surface area is 175 Å². The van der Waals surface area contributed by atoms with Gasteiger partial charge in [0.05, 0.1) is 7.11 Å². The van der Waals surface area contributed by atoms with Gasteiger partial charge in [-0.1, -0.05) is 36.4 Å². The molecule has 2 aliphatic rings. The summed E-state index contributed by atoms with van der Waals surface area (Å²) in [6.45, 7) is 4.02. The molecule has 0 radical (unpaired) electrons. The molecule has 5 rings (SSSR count). The number of amides is 2. The largest absolute Gasteiger partial charge is 0.496 e. The number of nitrogens with zero attached hydrogens (tertiary/aromatic N) is 2. The molecule has 3 heterocycles. The molecule has 154 valence electrons. The first-order valence-corrected chi connectivity index (χ1v) is 10.3. The topological polar surface area (TPSA) is 65.6 Å². The smallest absolute Gasteiger partial charge is 0.246 e. The van der Waals surface area contributed by atoms with Crippen LogP contribution in [0.15, 0.2) is 48.5 Å². The highest BCUT2D eigenvalue weighted by molar-refractivity contribution is 5.97. The minimum atomic E-state index is -0.518. The molecular weight excluding hydrogens is 378 g/mol. The van der Waals surface area contributed by atoms with Crippen molar-refractivity contribution >= 4 is 22.7 Å². The van der Waals surface area contributed by atoms with Crippen LogP contribution in [0.25, 0.3) is 10.9 Å². The van der Waals surface area contributed by atoms with Crippen LogP contribution in [-0.2, 0) is 16.0 Å². The molecule has 2 unspecified atom stereocenters. The number of nitrogens with one attached hydrogen (secondary N) is 1. The number of para-hydroxylation sites is 2. The van der Waals surface area contributed by atoms with Gasteiger partial charge in [0, 0.05) is 34.6 Å². The summed E-state index contributed by atoms with van der Waals surface area (Å²) in [4.78, 5) is 33.8. The summed E-state index contributed by atoms with van der Waals surface area (Å²) in [6.07, 6.45) is 0.513. The molecule has 0 bridgehead atoms. The Morgan fingerprint density at radius 2 is 1.80 bits per heavy atom. The van der Waals surface area contributed by atoms with Crippen molar-refractivity contribution in [3.05, 3.63) is 65.4 Å². The van der Waals surface area contributed by atoms with Crippen LogP contribution in [0, 0.1) is 0 Å². The predicted octanol–water partition coefficient (Wildman–Crippen LogP) is 3.27. The Hall–Kier alpha value is -3.28. The van der Waals surface area contributed by atoms with Crippen LogP contribution < -0.4 is 4.74 Å². The molecule has 6 nitrogen and oxygen atoms in total. The average molecular weight is 403 g/mol. The van der Waals surface area contributed by atoms with Gasteiger partial charge >= 0.3 is 0 Å². The first kappa shape index (κ1) is 18.7. The number of piperazine rings is 1. The lowest BCUT2D eigenvalue weighted by molar-refractivity contribution is -0.160. The Balaban J connectivity index is 1.75. The molecule has 3 aromatic rings. The zero-order valence-corrected chi connectivity index (χ0v) is 17.4. The van der Waals surface area contributed by atoms with Gasteiger partial charge in [0.1, 0.15) is 24.4 Å². The highest BCUT2D eigenvalue weighted by Gasteiger charge is 2.49. The maximum absolute atomic E-state index is 13.4. The van der Waals surface area contributed by atoms with Crippen molar-refractivity contribution < 1.29 is 14.3 Å². The van der Waals surface area contributed by atoms with Crippen LogP contribution >= 0.6 is 0 Å². The first-order valence-electron chi connectivity index (χ1n) is 10.3. The van der Waals surface area contributed by atoms with E-state index in [0.717, 1.165) is 27.7 Å². The summed E-state index contributed by atoms with van der Waals surface area (Å²) < 4.78 is 5.64. The Morgan fingerprint density at radius 1 is 1.07 bits per heavy atom. The fourth-order valence-electron chi connectivity index (χ4n) is 4.94. The molecule has 0 saturated carbocycles. The van der Waals surface area contributed by atoms with Gasteiger partial charge in [-0.3, -0.25) is 9.59 Å². The molecule has 1 N–H and O–H groups in total. The van der Waals surface area contributed by atoms with Crippen molar-refractivity contribution in [3.63, 3.8) is 0 Å². The second kappa shape index (κ2) is 6.90. The highest BCUT2D eigenvalue weighted by atomic mass is 16.5. The summed E-state index contributed by atoms with van der Waals surface area (Å²) in [6, 6.07) is 14.9. The molecule has 2 aromatic carbocycles. The summed E-state index contributed by atoms with van der Waals surface area (Å²) in [5, 5.41) is 1.11. The normalized spacial score (nSPS) is 21.2. The number of aromatic amines is 1. The van der Waals surface area contributed by atoms with E-state index >= 15 is 0 Å². The summed E-state index contributed by atoms with van der Waals surface area (Å²) >= 11 is 0. The van der Waals surface area contributed by atoms with Gasteiger partial charge in [0.25, 0.3) is 0 Å². The molecule has 1 saturated heterocycles. The number of ether oxygens (including phenoxy) is 1. The predicted molar refractivity (Wildman–Crippen MR) is 114 cm³/mol. The molecule has 2 atom stereocenters. The van der Waals surface area contributed by atoms with E-state index in [2.05, 4.69) is 11.1 Å². The van der Waals surface area contributed by atoms with Crippen molar-refractivity contribution in [2.75, 3.05) is 13.7 Å². The van der Waals surface area contributed by atoms with Crippen LogP contribution in [-0.4, -0.2) is 52.3 Å². The van der Waals surface area contributed by atoms with Gasteiger partial charge in [-0.05, 0) is 31.5 Å². The third-order valence-electron chi connectivity index (χ3n) is 6.35. The zero-order valence-electron chi connectivity index (χ0n) is 17.4. The molecule has 1 fully saturated rings. The third-order valence-corrected chi connectivity index (χ3v) is 6.35. The number of rotatable bonds is 3. The Bertz CT molecular complexity index is 1150. The lowest BCUT2D eigenvalue weighted by Gasteiger charge is -2.48. The maximum atomic E-state index is 13.4. The number of hydrogen-bond acceptors (Lipinski definition) is 3. The summed E-state index contributed by atoms with van der Waals surface area (Å²) in [5.41, 5.74) is 3.98. The number of methoxy groups -OCH3 is 1. The van der Waals surface area contributed by atoms with Crippen molar-refractivity contribution in [1.29, 1.82) is 0 Å². The fraction of sp³-hybridized carbons (Fsp3) is 0.333. The van der Waals surface area contributed by atoms with E-state index in [9.17, 15) is 9.59 Å². The number of hydrogen-bond donors (Lipinski definition) is 1. The highest BCUT2D eigenvalue weighted by Crippen LogP contribution is 2.44. The van der Waals surface area contributed by atoms with E-state index < -0.39 is 12.1 Å². The van der Waals surface area contributed by atoms with Gasteiger partial charge < -0.3 is 19.5 Å². The molecule has 6 heteroatoms. The summed E-state index contributed by atoms with van der Waals surface area (Å²) in [5.74, 6) is 0.688. The minimum absolute atomic E-state index is 0.0143. The van der Waals surface area contributed by atoms with Crippen LogP contribution in [0.5, 0.6) is 5.75 Å². The van der Waals surface area contributed by atoms with Gasteiger partial charge in [-0.2, -0.15) is 0 Å². The lowest BCUT2D eigenvalue weighted by Crippen LogP contribution is -2.64. The van der Waals surface area contributed by atoms with Crippen molar-refractivity contribution in [1.82, 2.24) is 14.8 Å². The number of carbonyl (C=O) groups is 2. The Kier molecular flexibility index (Phi) is 4.31. The number of fused-ring (bicyclic) bond motifs is 4. The van der Waals surface area contributed by atoms with E-state index in [1.165, 1.54) is 0 Å². The minimum Gasteiger partial charge on any atom is -0.496 e. The molecule has 1 aromatic heterocycles. The second-order valence-electron chi connectivity index (χ2n) is 8.29. The summed E-state index contributed by atoms with van der Waals surface area (Å²) in [7, 11) is 1.63. The monoisotopic (exact) mass is 403 g/mol.